The first-order valence-corrected chi connectivity index (χ1v) is 8.06. The molecule has 21 heavy (non-hydrogen) atoms. The van der Waals surface area contributed by atoms with Crippen LogP contribution in [0.1, 0.15) is 30.7 Å². The van der Waals surface area contributed by atoms with E-state index < -0.39 is 0 Å². The Morgan fingerprint density at radius 2 is 2.00 bits per heavy atom. The molecule has 0 fully saturated rings. The van der Waals surface area contributed by atoms with Crippen LogP contribution in [-0.4, -0.2) is 12.0 Å². The summed E-state index contributed by atoms with van der Waals surface area (Å²) in [6.45, 7) is 4.56. The fraction of sp³-hybridized carbons (Fsp3) is 0.353. The molecule has 0 aliphatic rings. The maximum Gasteiger partial charge on any atom is 0.220 e. The molecule has 1 aromatic heterocycles. The first-order valence-electron chi connectivity index (χ1n) is 7.18. The number of amides is 1. The molecule has 1 aromatic carbocycles. The van der Waals surface area contributed by atoms with E-state index in [1.165, 1.54) is 4.88 Å². The fourth-order valence-electron chi connectivity index (χ4n) is 1.94. The van der Waals surface area contributed by atoms with Crippen molar-refractivity contribution in [3.63, 3.8) is 0 Å². The van der Waals surface area contributed by atoms with Gasteiger partial charge in [-0.3, -0.25) is 4.79 Å². The zero-order valence-corrected chi connectivity index (χ0v) is 13.3. The van der Waals surface area contributed by atoms with Crippen molar-refractivity contribution in [1.82, 2.24) is 5.32 Å². The van der Waals surface area contributed by atoms with Crippen LogP contribution in [-0.2, 0) is 17.8 Å². The van der Waals surface area contributed by atoms with Crippen LogP contribution in [0.3, 0.4) is 0 Å². The van der Waals surface area contributed by atoms with E-state index in [1.807, 2.05) is 49.6 Å². The third-order valence-electron chi connectivity index (χ3n) is 2.96. The van der Waals surface area contributed by atoms with Crippen molar-refractivity contribution in [2.45, 2.75) is 39.3 Å². The molecule has 0 saturated heterocycles. The van der Waals surface area contributed by atoms with Gasteiger partial charge >= 0.3 is 0 Å². The molecule has 0 aliphatic carbocycles. The van der Waals surface area contributed by atoms with E-state index in [9.17, 15) is 4.79 Å². The largest absolute Gasteiger partial charge is 0.491 e. The van der Waals surface area contributed by atoms with Crippen LogP contribution in [0.15, 0.2) is 41.8 Å². The molecule has 1 N–H and O–H groups in total. The van der Waals surface area contributed by atoms with E-state index in [-0.39, 0.29) is 12.0 Å². The Balaban J connectivity index is 1.73. The maximum atomic E-state index is 11.8. The summed E-state index contributed by atoms with van der Waals surface area (Å²) in [6.07, 6.45) is 1.52. The molecule has 112 valence electrons. The van der Waals surface area contributed by atoms with Crippen LogP contribution in [0.4, 0.5) is 0 Å². The molecule has 4 heteroatoms. The summed E-state index contributed by atoms with van der Waals surface area (Å²) in [7, 11) is 0. The van der Waals surface area contributed by atoms with Gasteiger partial charge in [-0.15, -0.1) is 11.3 Å². The van der Waals surface area contributed by atoms with Crippen LogP contribution >= 0.6 is 11.3 Å². The van der Waals surface area contributed by atoms with Gasteiger partial charge in [-0.1, -0.05) is 18.2 Å². The Bertz CT molecular complexity index is 547. The number of rotatable bonds is 7. The van der Waals surface area contributed by atoms with Crippen LogP contribution in [0.5, 0.6) is 5.75 Å². The summed E-state index contributed by atoms with van der Waals surface area (Å²) in [5.41, 5.74) is 1.08. The van der Waals surface area contributed by atoms with E-state index in [2.05, 4.69) is 11.4 Å². The standard InChI is InChI=1S/C17H21NO2S/c1-13(2)20-15-7-5-14(6-8-15)12-18-17(19)10-9-16-4-3-11-21-16/h3-8,11,13H,9-10,12H2,1-2H3,(H,18,19). The zero-order chi connectivity index (χ0) is 15.1. The number of carbonyl (C=O) groups excluding carboxylic acids is 1. The second-order valence-corrected chi connectivity index (χ2v) is 6.20. The lowest BCUT2D eigenvalue weighted by molar-refractivity contribution is -0.121. The normalized spacial score (nSPS) is 10.6. The summed E-state index contributed by atoms with van der Waals surface area (Å²) >= 11 is 1.69. The minimum absolute atomic E-state index is 0.0888. The number of ether oxygens (including phenoxy) is 1. The lowest BCUT2D eigenvalue weighted by Gasteiger charge is -2.10. The highest BCUT2D eigenvalue weighted by atomic mass is 32.1. The molecule has 1 amide bonds. The predicted octanol–water partition coefficient (Wildman–Crippen LogP) is 3.78. The van der Waals surface area contributed by atoms with Gasteiger partial charge in [-0.25, -0.2) is 0 Å². The number of nitrogens with one attached hydrogen (secondary N) is 1. The molecule has 0 saturated carbocycles. The van der Waals surface area contributed by atoms with Gasteiger partial charge in [0.25, 0.3) is 0 Å². The first kappa shape index (κ1) is 15.6. The summed E-state index contributed by atoms with van der Waals surface area (Å²) < 4.78 is 5.59. The molecule has 0 aliphatic heterocycles. The lowest BCUT2D eigenvalue weighted by Crippen LogP contribution is -2.22. The Hall–Kier alpha value is -1.81. The second kappa shape index (κ2) is 7.84. The average molecular weight is 303 g/mol. The van der Waals surface area contributed by atoms with Gasteiger partial charge in [0.2, 0.25) is 5.91 Å². The highest BCUT2D eigenvalue weighted by Crippen LogP contribution is 2.14. The number of thiophene rings is 1. The molecule has 0 spiro atoms. The number of carbonyl (C=O) groups is 1. The lowest BCUT2D eigenvalue weighted by atomic mass is 10.2. The third-order valence-corrected chi connectivity index (χ3v) is 3.90. The zero-order valence-electron chi connectivity index (χ0n) is 12.5. The van der Waals surface area contributed by atoms with Gasteiger partial charge in [-0.05, 0) is 49.4 Å². The topological polar surface area (TPSA) is 38.3 Å². The van der Waals surface area contributed by atoms with Gasteiger partial charge in [0.15, 0.2) is 0 Å². The molecule has 1 heterocycles. The predicted molar refractivity (Wildman–Crippen MR) is 86.7 cm³/mol. The van der Waals surface area contributed by atoms with Crippen molar-refractivity contribution in [2.75, 3.05) is 0 Å². The van der Waals surface area contributed by atoms with E-state index >= 15 is 0 Å². The van der Waals surface area contributed by atoms with Crippen LogP contribution in [0.2, 0.25) is 0 Å². The van der Waals surface area contributed by atoms with E-state index in [4.69, 9.17) is 4.74 Å². The third kappa shape index (κ3) is 5.60. The van der Waals surface area contributed by atoms with Crippen LogP contribution < -0.4 is 10.1 Å². The highest BCUT2D eigenvalue weighted by molar-refractivity contribution is 7.09. The van der Waals surface area contributed by atoms with E-state index in [0.29, 0.717) is 13.0 Å². The highest BCUT2D eigenvalue weighted by Gasteiger charge is 2.03. The number of benzene rings is 1. The van der Waals surface area contributed by atoms with E-state index in [0.717, 1.165) is 17.7 Å². The monoisotopic (exact) mass is 303 g/mol. The van der Waals surface area contributed by atoms with E-state index in [1.54, 1.807) is 11.3 Å². The Morgan fingerprint density at radius 1 is 1.24 bits per heavy atom. The summed E-state index contributed by atoms with van der Waals surface area (Å²) in [5.74, 6) is 0.948. The van der Waals surface area contributed by atoms with Gasteiger partial charge in [-0.2, -0.15) is 0 Å². The van der Waals surface area contributed by atoms with Gasteiger partial charge in [0.05, 0.1) is 6.10 Å². The van der Waals surface area contributed by atoms with Crippen molar-refractivity contribution in [3.8, 4) is 5.75 Å². The Kier molecular flexibility index (Phi) is 5.81. The van der Waals surface area contributed by atoms with Gasteiger partial charge in [0.1, 0.15) is 5.75 Å². The first-order chi connectivity index (χ1) is 10.1. The smallest absolute Gasteiger partial charge is 0.220 e. The molecule has 0 unspecified atom stereocenters. The molecule has 2 rings (SSSR count). The number of hydrogen-bond acceptors (Lipinski definition) is 3. The second-order valence-electron chi connectivity index (χ2n) is 5.17. The maximum absolute atomic E-state index is 11.8. The fourth-order valence-corrected chi connectivity index (χ4v) is 2.65. The van der Waals surface area contributed by atoms with Crippen molar-refractivity contribution < 1.29 is 9.53 Å². The number of aryl methyl sites for hydroxylation is 1. The van der Waals surface area contributed by atoms with Crippen molar-refractivity contribution in [3.05, 3.63) is 52.2 Å². The van der Waals surface area contributed by atoms with Crippen LogP contribution in [0.25, 0.3) is 0 Å². The summed E-state index contributed by atoms with van der Waals surface area (Å²) in [6, 6.07) is 11.9. The average Bonchev–Trinajstić information content (AvgIpc) is 2.97. The molecular formula is C17H21NO2S. The quantitative estimate of drug-likeness (QED) is 0.845. The summed E-state index contributed by atoms with van der Waals surface area (Å²) in [5, 5.41) is 4.98. The molecule has 0 radical (unpaired) electrons. The van der Waals surface area contributed by atoms with Gasteiger partial charge < -0.3 is 10.1 Å². The molecule has 3 nitrogen and oxygen atoms in total. The molecule has 0 bridgehead atoms. The molecular weight excluding hydrogens is 282 g/mol. The minimum atomic E-state index is 0.0888. The SMILES string of the molecule is CC(C)Oc1ccc(CNC(=O)CCc2cccs2)cc1. The Morgan fingerprint density at radius 3 is 2.62 bits per heavy atom. The summed E-state index contributed by atoms with van der Waals surface area (Å²) in [4.78, 5) is 13.0. The number of hydrogen-bond donors (Lipinski definition) is 1. The van der Waals surface area contributed by atoms with Crippen LogP contribution in [0, 0.1) is 0 Å². The molecule has 0 atom stereocenters. The van der Waals surface area contributed by atoms with Crippen molar-refractivity contribution in [2.24, 2.45) is 0 Å². The van der Waals surface area contributed by atoms with Crippen molar-refractivity contribution >= 4 is 17.2 Å². The minimum Gasteiger partial charge on any atom is -0.491 e. The van der Waals surface area contributed by atoms with Crippen molar-refractivity contribution in [1.29, 1.82) is 0 Å². The molecule has 2 aromatic rings. The van der Waals surface area contributed by atoms with Gasteiger partial charge in [0, 0.05) is 17.8 Å². The Labute approximate surface area is 130 Å².